The van der Waals surface area contributed by atoms with Crippen molar-refractivity contribution in [2.45, 2.75) is 64.7 Å². The van der Waals surface area contributed by atoms with Gasteiger partial charge in [-0.05, 0) is 46.1 Å². The summed E-state index contributed by atoms with van der Waals surface area (Å²) in [6, 6.07) is -0.148. The molecule has 1 saturated heterocycles. The molecule has 17 heavy (non-hydrogen) atoms. The maximum Gasteiger partial charge on any atom is 0.337 e. The van der Waals surface area contributed by atoms with Crippen molar-refractivity contribution in [3.8, 4) is 0 Å². The fraction of sp³-hybridized carbons (Fsp3) is 0.923. The van der Waals surface area contributed by atoms with E-state index in [0.29, 0.717) is 5.92 Å². The van der Waals surface area contributed by atoms with Gasteiger partial charge in [-0.1, -0.05) is 13.3 Å². The molecule has 2 N–H and O–H groups in total. The first-order chi connectivity index (χ1) is 7.85. The van der Waals surface area contributed by atoms with E-state index in [1.807, 2.05) is 20.8 Å². The molecule has 3 unspecified atom stereocenters. The molecule has 0 aliphatic carbocycles. The van der Waals surface area contributed by atoms with E-state index in [2.05, 4.69) is 12.2 Å². The number of rotatable bonds is 4. The van der Waals surface area contributed by atoms with Gasteiger partial charge in [0.05, 0.1) is 0 Å². The molecule has 4 nitrogen and oxygen atoms in total. The molecular weight excluding hydrogens is 218 g/mol. The van der Waals surface area contributed by atoms with Crippen LogP contribution in [0.4, 0.5) is 0 Å². The van der Waals surface area contributed by atoms with E-state index in [1.165, 1.54) is 0 Å². The van der Waals surface area contributed by atoms with Gasteiger partial charge >= 0.3 is 5.97 Å². The fourth-order valence-electron chi connectivity index (χ4n) is 2.35. The third-order valence-corrected chi connectivity index (χ3v) is 3.05. The first-order valence-corrected chi connectivity index (χ1v) is 6.49. The fourth-order valence-corrected chi connectivity index (χ4v) is 2.35. The van der Waals surface area contributed by atoms with Crippen LogP contribution in [0, 0.1) is 5.92 Å². The maximum atomic E-state index is 11.8. The van der Waals surface area contributed by atoms with Gasteiger partial charge < -0.3 is 15.2 Å². The Labute approximate surface area is 104 Å². The molecule has 0 saturated carbocycles. The highest BCUT2D eigenvalue weighted by Crippen LogP contribution is 2.24. The van der Waals surface area contributed by atoms with Gasteiger partial charge in [0, 0.05) is 6.04 Å². The molecule has 1 rings (SSSR count). The zero-order valence-electron chi connectivity index (χ0n) is 11.3. The summed E-state index contributed by atoms with van der Waals surface area (Å²) in [6.45, 7) is 8.42. The van der Waals surface area contributed by atoms with Crippen LogP contribution in [0.3, 0.4) is 0 Å². The number of carbonyl (C=O) groups is 1. The molecule has 0 aromatic heterocycles. The summed E-state index contributed by atoms with van der Waals surface area (Å²) in [5.74, 6) is -0.138. The average molecular weight is 243 g/mol. The zero-order chi connectivity index (χ0) is 13.1. The van der Waals surface area contributed by atoms with Crippen LogP contribution in [0.2, 0.25) is 0 Å². The Bertz CT molecular complexity index is 260. The largest absolute Gasteiger partial charge is 0.458 e. The van der Waals surface area contributed by atoms with Gasteiger partial charge in [-0.25, -0.2) is 4.79 Å². The average Bonchev–Trinajstić information content (AvgIpc) is 2.62. The highest BCUT2D eigenvalue weighted by atomic mass is 16.6. The molecule has 0 spiro atoms. The Hall–Kier alpha value is -0.610. The van der Waals surface area contributed by atoms with Crippen LogP contribution in [0.15, 0.2) is 0 Å². The summed E-state index contributed by atoms with van der Waals surface area (Å²) in [5, 5.41) is 13.2. The summed E-state index contributed by atoms with van der Waals surface area (Å²) in [7, 11) is 0. The first-order valence-electron chi connectivity index (χ1n) is 6.49. The number of hydrogen-bond donors (Lipinski definition) is 2. The highest BCUT2D eigenvalue weighted by Gasteiger charge is 2.37. The standard InChI is InChI=1S/C13H25NO3/c1-5-6-9-7-8-14-10(9)11(15)12(16)17-13(2,3)4/h9-11,14-15H,5-8H2,1-4H3. The predicted molar refractivity (Wildman–Crippen MR) is 66.7 cm³/mol. The molecule has 4 heteroatoms. The van der Waals surface area contributed by atoms with Gasteiger partial charge in [-0.3, -0.25) is 0 Å². The van der Waals surface area contributed by atoms with E-state index in [0.717, 1.165) is 25.8 Å². The van der Waals surface area contributed by atoms with Crippen molar-refractivity contribution in [1.82, 2.24) is 5.32 Å². The Kier molecular flexibility index (Phi) is 4.95. The molecular formula is C13H25NO3. The van der Waals surface area contributed by atoms with Gasteiger partial charge in [-0.2, -0.15) is 0 Å². The van der Waals surface area contributed by atoms with E-state index in [4.69, 9.17) is 4.74 Å². The zero-order valence-corrected chi connectivity index (χ0v) is 11.3. The maximum absolute atomic E-state index is 11.8. The van der Waals surface area contributed by atoms with Crippen molar-refractivity contribution >= 4 is 5.97 Å². The predicted octanol–water partition coefficient (Wildman–Crippen LogP) is 1.47. The number of aliphatic hydroxyl groups is 1. The molecule has 0 radical (unpaired) electrons. The molecule has 3 atom stereocenters. The van der Waals surface area contributed by atoms with E-state index in [1.54, 1.807) is 0 Å². The van der Waals surface area contributed by atoms with Crippen molar-refractivity contribution in [2.75, 3.05) is 6.54 Å². The van der Waals surface area contributed by atoms with Crippen LogP contribution in [-0.2, 0) is 9.53 Å². The minimum Gasteiger partial charge on any atom is -0.458 e. The SMILES string of the molecule is CCCC1CCNC1C(O)C(=O)OC(C)(C)C. The van der Waals surface area contributed by atoms with Crippen LogP contribution in [0.1, 0.15) is 47.0 Å². The Morgan fingerprint density at radius 2 is 2.18 bits per heavy atom. The highest BCUT2D eigenvalue weighted by molar-refractivity contribution is 5.75. The number of nitrogens with one attached hydrogen (secondary N) is 1. The summed E-state index contributed by atoms with van der Waals surface area (Å²) in [4.78, 5) is 11.8. The van der Waals surface area contributed by atoms with E-state index < -0.39 is 17.7 Å². The minimum atomic E-state index is -1.05. The lowest BCUT2D eigenvalue weighted by molar-refractivity contribution is -0.167. The van der Waals surface area contributed by atoms with Crippen LogP contribution in [0.5, 0.6) is 0 Å². The Morgan fingerprint density at radius 1 is 1.53 bits per heavy atom. The number of esters is 1. The second-order valence-corrected chi connectivity index (χ2v) is 5.80. The number of aliphatic hydroxyl groups excluding tert-OH is 1. The molecule has 1 heterocycles. The molecule has 100 valence electrons. The number of ether oxygens (including phenoxy) is 1. The van der Waals surface area contributed by atoms with Gasteiger partial charge in [0.15, 0.2) is 6.10 Å². The van der Waals surface area contributed by atoms with Gasteiger partial charge in [0.2, 0.25) is 0 Å². The molecule has 1 aliphatic heterocycles. The Morgan fingerprint density at radius 3 is 2.71 bits per heavy atom. The smallest absolute Gasteiger partial charge is 0.337 e. The van der Waals surface area contributed by atoms with Crippen molar-refractivity contribution in [3.05, 3.63) is 0 Å². The first kappa shape index (κ1) is 14.5. The number of hydrogen-bond acceptors (Lipinski definition) is 4. The van der Waals surface area contributed by atoms with Crippen LogP contribution < -0.4 is 5.32 Å². The van der Waals surface area contributed by atoms with E-state index >= 15 is 0 Å². The van der Waals surface area contributed by atoms with Crippen LogP contribution >= 0.6 is 0 Å². The molecule has 0 aromatic carbocycles. The summed E-state index contributed by atoms with van der Waals surface area (Å²) < 4.78 is 5.21. The quantitative estimate of drug-likeness (QED) is 0.734. The summed E-state index contributed by atoms with van der Waals surface area (Å²) in [6.07, 6.45) is 2.09. The third kappa shape index (κ3) is 4.28. The minimum absolute atomic E-state index is 0.148. The molecule has 1 fully saturated rings. The van der Waals surface area contributed by atoms with E-state index in [9.17, 15) is 9.90 Å². The molecule has 0 bridgehead atoms. The second kappa shape index (κ2) is 5.83. The van der Waals surface area contributed by atoms with Crippen molar-refractivity contribution < 1.29 is 14.6 Å². The lowest BCUT2D eigenvalue weighted by Gasteiger charge is -2.27. The summed E-state index contributed by atoms with van der Waals surface area (Å²) >= 11 is 0. The van der Waals surface area contributed by atoms with Crippen molar-refractivity contribution in [2.24, 2.45) is 5.92 Å². The lowest BCUT2D eigenvalue weighted by Crippen LogP contribution is -2.46. The van der Waals surface area contributed by atoms with Crippen LogP contribution in [-0.4, -0.2) is 35.4 Å². The monoisotopic (exact) mass is 243 g/mol. The van der Waals surface area contributed by atoms with Crippen molar-refractivity contribution in [1.29, 1.82) is 0 Å². The summed E-state index contributed by atoms with van der Waals surface area (Å²) in [5.41, 5.74) is -0.545. The van der Waals surface area contributed by atoms with Gasteiger partial charge in [-0.15, -0.1) is 0 Å². The van der Waals surface area contributed by atoms with Gasteiger partial charge in [0.25, 0.3) is 0 Å². The molecule has 1 aliphatic rings. The van der Waals surface area contributed by atoms with Gasteiger partial charge in [0.1, 0.15) is 5.60 Å². The normalized spacial score (nSPS) is 26.9. The van der Waals surface area contributed by atoms with Crippen molar-refractivity contribution in [3.63, 3.8) is 0 Å². The molecule has 0 amide bonds. The van der Waals surface area contributed by atoms with Crippen LogP contribution in [0.25, 0.3) is 0 Å². The third-order valence-electron chi connectivity index (χ3n) is 3.05. The lowest BCUT2D eigenvalue weighted by atomic mass is 9.92. The second-order valence-electron chi connectivity index (χ2n) is 5.80. The molecule has 0 aromatic rings. The number of carbonyl (C=O) groups excluding carboxylic acids is 1. The topological polar surface area (TPSA) is 58.6 Å². The van der Waals surface area contributed by atoms with E-state index in [-0.39, 0.29) is 6.04 Å². The Balaban J connectivity index is 2.56.